The third-order valence-electron chi connectivity index (χ3n) is 12.5. The predicted molar refractivity (Wildman–Crippen MR) is 197 cm³/mol. The number of carbonyl (C=O) groups excluding carboxylic acids is 5. The predicted octanol–water partition coefficient (Wildman–Crippen LogP) is 2.43. The van der Waals surface area contributed by atoms with Gasteiger partial charge in [-0.3, -0.25) is 19.2 Å². The smallest absolute Gasteiger partial charge is 0.350 e. The van der Waals surface area contributed by atoms with Crippen molar-refractivity contribution in [2.75, 3.05) is 6.61 Å². The van der Waals surface area contributed by atoms with E-state index in [1.54, 1.807) is 74.5 Å². The molecule has 11 atom stereocenters. The molecule has 3 fully saturated rings. The number of Topliss-reactive ketones (excluding diaryl/α,β-unsaturated/α-hetero) is 1. The van der Waals surface area contributed by atoms with Gasteiger partial charge in [0.05, 0.1) is 36.8 Å². The Labute approximate surface area is 324 Å². The lowest BCUT2D eigenvalue weighted by Crippen LogP contribution is -2.80. The first kappa shape index (κ1) is 40.9. The van der Waals surface area contributed by atoms with Gasteiger partial charge < -0.3 is 44.7 Å². The van der Waals surface area contributed by atoms with Crippen molar-refractivity contribution in [2.24, 2.45) is 16.7 Å². The summed E-state index contributed by atoms with van der Waals surface area (Å²) < 4.78 is 23.1. The van der Waals surface area contributed by atoms with Gasteiger partial charge in [0.25, 0.3) is 5.91 Å². The van der Waals surface area contributed by atoms with E-state index in [0.717, 1.165) is 6.92 Å². The summed E-state index contributed by atoms with van der Waals surface area (Å²) >= 11 is 0. The fourth-order valence-electron chi connectivity index (χ4n) is 9.32. The Morgan fingerprint density at radius 2 is 1.62 bits per heavy atom. The fraction of sp³-hybridized carbons (Fsp3) is 0.500. The van der Waals surface area contributed by atoms with Gasteiger partial charge in [0.15, 0.2) is 11.9 Å². The molecule has 3 unspecified atom stereocenters. The summed E-state index contributed by atoms with van der Waals surface area (Å²) in [5.41, 5.74) is -6.88. The van der Waals surface area contributed by atoms with Gasteiger partial charge in [-0.05, 0) is 42.7 Å². The van der Waals surface area contributed by atoms with Crippen molar-refractivity contribution >= 4 is 29.6 Å². The number of nitrogens with one attached hydrogen (secondary N) is 1. The molecule has 0 aromatic heterocycles. The highest BCUT2D eigenvalue weighted by Crippen LogP contribution is 2.62. The van der Waals surface area contributed by atoms with Crippen LogP contribution < -0.4 is 5.32 Å². The SMILES string of the molecule is C=CCC(=O)OC(C(=O)OC1C[C@]2(O)[C@H](O)C3[C@@]4(O)CO[C@H]4C[C@@H](O)[C@]3(C)C(=O)[C@@H](OC(C)=O)C(=C1C)C2(C)C)[C@H](NC(=O)c1ccccc1)c1ccccc1. The topological polar surface area (TPSA) is 215 Å². The van der Waals surface area contributed by atoms with Crippen LogP contribution in [0.5, 0.6) is 0 Å². The van der Waals surface area contributed by atoms with E-state index in [2.05, 4.69) is 11.9 Å². The highest BCUT2D eigenvalue weighted by Gasteiger charge is 2.75. The molecule has 56 heavy (non-hydrogen) atoms. The molecule has 1 aliphatic heterocycles. The molecule has 4 aliphatic rings. The van der Waals surface area contributed by atoms with E-state index in [1.807, 2.05) is 0 Å². The van der Waals surface area contributed by atoms with Gasteiger partial charge in [0, 0.05) is 36.7 Å². The maximum absolute atomic E-state index is 14.9. The third-order valence-corrected chi connectivity index (χ3v) is 12.5. The van der Waals surface area contributed by atoms with E-state index in [0.29, 0.717) is 5.56 Å². The van der Waals surface area contributed by atoms with Crippen LogP contribution in [0.2, 0.25) is 0 Å². The summed E-state index contributed by atoms with van der Waals surface area (Å²) in [6, 6.07) is 15.2. The Morgan fingerprint density at radius 3 is 2.20 bits per heavy atom. The van der Waals surface area contributed by atoms with Gasteiger partial charge in [-0.1, -0.05) is 68.5 Å². The normalized spacial score (nSPS) is 34.1. The van der Waals surface area contributed by atoms with Crippen molar-refractivity contribution in [3.05, 3.63) is 95.6 Å². The number of aliphatic hydroxyl groups is 4. The molecule has 1 heterocycles. The monoisotopic (exact) mass is 775 g/mol. The fourth-order valence-corrected chi connectivity index (χ4v) is 9.32. The van der Waals surface area contributed by atoms with Crippen LogP contribution in [-0.4, -0.2) is 104 Å². The number of ketones is 1. The molecule has 2 saturated carbocycles. The Hall–Kier alpha value is -4.73. The molecule has 300 valence electrons. The van der Waals surface area contributed by atoms with E-state index in [9.17, 15) is 44.4 Å². The summed E-state index contributed by atoms with van der Waals surface area (Å²) in [5.74, 6) is -5.84. The van der Waals surface area contributed by atoms with Gasteiger partial charge in [-0.15, -0.1) is 6.58 Å². The minimum Gasteiger partial charge on any atom is -0.455 e. The number of aliphatic hydroxyl groups excluding tert-OH is 2. The van der Waals surface area contributed by atoms with Crippen LogP contribution in [0.1, 0.15) is 75.8 Å². The van der Waals surface area contributed by atoms with Crippen LogP contribution >= 0.6 is 0 Å². The summed E-state index contributed by atoms with van der Waals surface area (Å²) in [6.07, 6.45) is -9.10. The van der Waals surface area contributed by atoms with Crippen molar-refractivity contribution in [2.45, 2.75) is 108 Å². The van der Waals surface area contributed by atoms with Crippen molar-refractivity contribution in [3.63, 3.8) is 0 Å². The zero-order chi connectivity index (χ0) is 41.0. The van der Waals surface area contributed by atoms with E-state index >= 15 is 0 Å². The minimum absolute atomic E-state index is 0.0198. The second-order valence-electron chi connectivity index (χ2n) is 16.0. The molecule has 2 aromatic rings. The number of amides is 1. The standard InChI is InChI=1S/C42H49NO13/c1-7-14-29(46)56-33(31(24-15-10-8-11-16-24)43-37(49)25-17-12-9-13-18-25)38(50)55-26-20-42(52)36(48)34-40(6,27(45)19-28-41(34,51)21-53-28)35(47)32(54-23(3)44)30(22(26)2)39(42,4)5/h7-13,15-18,26-28,31-34,36,45,48,51-52H,1,14,19-21H2,2-6H3,(H,43,49)/t26?,27-,28+,31-,32+,33?,34?,36-,40+,41-,42+/m1/s1. The Bertz CT molecular complexity index is 1930. The van der Waals surface area contributed by atoms with E-state index in [4.69, 9.17) is 18.9 Å². The van der Waals surface area contributed by atoms with Crippen LogP contribution in [0.4, 0.5) is 0 Å². The number of fused-ring (bicyclic) bond motifs is 5. The Balaban J connectivity index is 1.47. The second kappa shape index (κ2) is 15.0. The first-order valence-electron chi connectivity index (χ1n) is 18.6. The number of esters is 3. The van der Waals surface area contributed by atoms with Crippen LogP contribution in [0.15, 0.2) is 84.5 Å². The molecule has 5 N–H and O–H groups in total. The van der Waals surface area contributed by atoms with E-state index < -0.39 is 107 Å². The molecular weight excluding hydrogens is 726 g/mol. The maximum Gasteiger partial charge on any atom is 0.350 e. The first-order valence-corrected chi connectivity index (χ1v) is 18.6. The minimum atomic E-state index is -2.32. The Morgan fingerprint density at radius 1 is 1.00 bits per heavy atom. The number of hydrogen-bond acceptors (Lipinski definition) is 13. The van der Waals surface area contributed by atoms with Crippen molar-refractivity contribution < 1.29 is 63.3 Å². The van der Waals surface area contributed by atoms with Crippen LogP contribution in [0.3, 0.4) is 0 Å². The zero-order valence-electron chi connectivity index (χ0n) is 32.0. The quantitative estimate of drug-likeness (QED) is 0.133. The average molecular weight is 776 g/mol. The molecule has 3 aliphatic carbocycles. The molecule has 0 radical (unpaired) electrons. The molecular formula is C42H49NO13. The summed E-state index contributed by atoms with van der Waals surface area (Å²) in [6.45, 7) is 10.3. The number of carbonyl (C=O) groups is 5. The lowest BCUT2D eigenvalue weighted by Gasteiger charge is -2.66. The highest BCUT2D eigenvalue weighted by atomic mass is 16.6. The van der Waals surface area contributed by atoms with Gasteiger partial charge >= 0.3 is 17.9 Å². The lowest BCUT2D eigenvalue weighted by atomic mass is 9.45. The van der Waals surface area contributed by atoms with Gasteiger partial charge in [-0.2, -0.15) is 0 Å². The van der Waals surface area contributed by atoms with Gasteiger partial charge in [0.2, 0.25) is 6.10 Å². The van der Waals surface area contributed by atoms with Crippen LogP contribution in [0, 0.1) is 16.7 Å². The van der Waals surface area contributed by atoms with Crippen molar-refractivity contribution in [1.82, 2.24) is 5.32 Å². The summed E-state index contributed by atoms with van der Waals surface area (Å²) in [5, 5.41) is 51.6. The first-order chi connectivity index (χ1) is 26.3. The number of hydrogen-bond donors (Lipinski definition) is 5. The second-order valence-corrected chi connectivity index (χ2v) is 16.0. The molecule has 6 rings (SSSR count). The molecule has 2 bridgehead atoms. The summed E-state index contributed by atoms with van der Waals surface area (Å²) in [4.78, 5) is 68.7. The largest absolute Gasteiger partial charge is 0.455 e. The molecule has 1 saturated heterocycles. The molecule has 14 nitrogen and oxygen atoms in total. The van der Waals surface area contributed by atoms with Crippen LogP contribution in [-0.2, 0) is 38.1 Å². The molecule has 14 heteroatoms. The number of ether oxygens (including phenoxy) is 4. The molecule has 2 aromatic carbocycles. The number of rotatable bonds is 10. The maximum atomic E-state index is 14.9. The van der Waals surface area contributed by atoms with Gasteiger partial charge in [0.1, 0.15) is 23.3 Å². The average Bonchev–Trinajstić information content (AvgIpc) is 3.15. The third kappa shape index (κ3) is 6.56. The molecule has 1 amide bonds. The zero-order valence-corrected chi connectivity index (χ0v) is 32.0. The van der Waals surface area contributed by atoms with Gasteiger partial charge in [-0.25, -0.2) is 4.79 Å². The van der Waals surface area contributed by atoms with Crippen molar-refractivity contribution in [3.8, 4) is 0 Å². The Kier molecular flexibility index (Phi) is 10.9. The van der Waals surface area contributed by atoms with Crippen molar-refractivity contribution in [1.29, 1.82) is 0 Å². The summed E-state index contributed by atoms with van der Waals surface area (Å²) in [7, 11) is 0. The number of benzene rings is 2. The molecule has 0 spiro atoms. The van der Waals surface area contributed by atoms with E-state index in [-0.39, 0.29) is 36.2 Å². The highest BCUT2D eigenvalue weighted by molar-refractivity contribution is 5.96. The lowest BCUT2D eigenvalue weighted by molar-refractivity contribution is -0.344. The van der Waals surface area contributed by atoms with Crippen LogP contribution in [0.25, 0.3) is 0 Å². The van der Waals surface area contributed by atoms with E-state index in [1.165, 1.54) is 19.9 Å².